The average Bonchev–Trinajstić information content (AvgIpc) is 3.13. The number of hydrogen-bond donors (Lipinski definition) is 2. The molecule has 0 amide bonds. The Morgan fingerprint density at radius 3 is 2.38 bits per heavy atom. The second-order valence-corrected chi connectivity index (χ2v) is 7.83. The smallest absolute Gasteiger partial charge is 0.337 e. The molecule has 0 saturated carbocycles. The molecule has 4 aromatic rings. The highest BCUT2D eigenvalue weighted by Crippen LogP contribution is 2.32. The van der Waals surface area contributed by atoms with Crippen LogP contribution in [0, 0.1) is 0 Å². The molecule has 162 valence electrons. The molecule has 6 nitrogen and oxygen atoms in total. The first-order chi connectivity index (χ1) is 15.5. The molecule has 0 saturated heterocycles. The van der Waals surface area contributed by atoms with E-state index in [4.69, 9.17) is 9.73 Å². The number of nitrogens with zero attached hydrogens (tertiary/aromatic N) is 2. The van der Waals surface area contributed by atoms with E-state index in [0.717, 1.165) is 23.2 Å². The summed E-state index contributed by atoms with van der Waals surface area (Å²) in [6.07, 6.45) is 0. The van der Waals surface area contributed by atoms with Crippen LogP contribution in [0.5, 0.6) is 5.88 Å². The minimum atomic E-state index is -0.433. The monoisotopic (exact) mass is 427 g/mol. The van der Waals surface area contributed by atoms with E-state index in [0.29, 0.717) is 22.4 Å². The highest BCUT2D eigenvalue weighted by molar-refractivity contribution is 6.22. The average molecular weight is 428 g/mol. The Kier molecular flexibility index (Phi) is 6.05. The number of esters is 1. The van der Waals surface area contributed by atoms with Crippen LogP contribution in [0.4, 0.5) is 5.69 Å². The molecular weight excluding hydrogens is 402 g/mol. The lowest BCUT2D eigenvalue weighted by molar-refractivity contribution is 0.0601. The number of methoxy groups -OCH3 is 1. The fourth-order valence-electron chi connectivity index (χ4n) is 3.70. The summed E-state index contributed by atoms with van der Waals surface area (Å²) in [4.78, 5) is 21.9. The van der Waals surface area contributed by atoms with Gasteiger partial charge in [0.15, 0.2) is 5.88 Å². The minimum Gasteiger partial charge on any atom is -0.494 e. The quantitative estimate of drug-likeness (QED) is 0.339. The van der Waals surface area contributed by atoms with E-state index in [-0.39, 0.29) is 5.88 Å². The van der Waals surface area contributed by atoms with Gasteiger partial charge in [0.05, 0.1) is 29.6 Å². The van der Waals surface area contributed by atoms with Crippen LogP contribution in [-0.4, -0.2) is 47.9 Å². The van der Waals surface area contributed by atoms with Gasteiger partial charge >= 0.3 is 5.97 Å². The van der Waals surface area contributed by atoms with Crippen LogP contribution in [0.3, 0.4) is 0 Å². The summed E-state index contributed by atoms with van der Waals surface area (Å²) in [7, 11) is 5.41. The van der Waals surface area contributed by atoms with Crippen LogP contribution in [0.25, 0.3) is 10.9 Å². The third-order valence-electron chi connectivity index (χ3n) is 5.16. The van der Waals surface area contributed by atoms with Gasteiger partial charge in [0.1, 0.15) is 0 Å². The highest BCUT2D eigenvalue weighted by atomic mass is 16.5. The predicted octanol–water partition coefficient (Wildman–Crippen LogP) is 4.89. The number of carbonyl (C=O) groups excluding carboxylic acids is 1. The topological polar surface area (TPSA) is 77.9 Å². The molecule has 3 aromatic carbocycles. The number of fused-ring (bicyclic) bond motifs is 1. The molecule has 0 unspecified atom stereocenters. The molecule has 0 bridgehead atoms. The Balaban J connectivity index is 1.85. The van der Waals surface area contributed by atoms with Gasteiger partial charge in [-0.25, -0.2) is 9.79 Å². The summed E-state index contributed by atoms with van der Waals surface area (Å²) in [5.41, 5.74) is 5.11. The van der Waals surface area contributed by atoms with Gasteiger partial charge in [-0.15, -0.1) is 0 Å². The second-order valence-electron chi connectivity index (χ2n) is 7.83. The largest absolute Gasteiger partial charge is 0.494 e. The van der Waals surface area contributed by atoms with Crippen molar-refractivity contribution in [3.8, 4) is 5.88 Å². The third-order valence-corrected chi connectivity index (χ3v) is 5.16. The van der Waals surface area contributed by atoms with Gasteiger partial charge in [-0.2, -0.15) is 0 Å². The zero-order chi connectivity index (χ0) is 22.7. The molecule has 0 fully saturated rings. The number of aromatic nitrogens is 1. The summed E-state index contributed by atoms with van der Waals surface area (Å²) < 4.78 is 4.81. The van der Waals surface area contributed by atoms with Gasteiger partial charge in [0.25, 0.3) is 0 Å². The van der Waals surface area contributed by atoms with Crippen LogP contribution in [0.1, 0.15) is 27.0 Å². The van der Waals surface area contributed by atoms with Gasteiger partial charge in [-0.3, -0.25) is 0 Å². The molecular formula is C26H25N3O3. The lowest BCUT2D eigenvalue weighted by Gasteiger charge is -2.10. The van der Waals surface area contributed by atoms with Crippen molar-refractivity contribution in [2.75, 3.05) is 21.2 Å². The minimum absolute atomic E-state index is 0.00570. The van der Waals surface area contributed by atoms with Gasteiger partial charge < -0.3 is 19.7 Å². The number of H-pyrrole nitrogens is 1. The summed E-state index contributed by atoms with van der Waals surface area (Å²) in [5.74, 6) is -0.439. The van der Waals surface area contributed by atoms with Gasteiger partial charge in [-0.05, 0) is 43.9 Å². The number of aromatic amines is 1. The molecule has 0 aliphatic carbocycles. The number of rotatable bonds is 6. The van der Waals surface area contributed by atoms with Crippen LogP contribution in [-0.2, 0) is 11.3 Å². The van der Waals surface area contributed by atoms with Gasteiger partial charge in [0, 0.05) is 23.0 Å². The van der Waals surface area contributed by atoms with Crippen molar-refractivity contribution in [1.82, 2.24) is 9.88 Å². The molecule has 4 rings (SSSR count). The Labute approximate surface area is 186 Å². The number of aromatic hydroxyl groups is 1. The summed E-state index contributed by atoms with van der Waals surface area (Å²) in [6.45, 7) is 0.849. The van der Waals surface area contributed by atoms with Crippen molar-refractivity contribution in [3.63, 3.8) is 0 Å². The fourth-order valence-corrected chi connectivity index (χ4v) is 3.70. The lowest BCUT2D eigenvalue weighted by atomic mass is 10.00. The van der Waals surface area contributed by atoms with Gasteiger partial charge in [-0.1, -0.05) is 48.5 Å². The number of hydrogen-bond acceptors (Lipinski definition) is 5. The molecule has 0 atom stereocenters. The molecule has 1 aromatic heterocycles. The maximum absolute atomic E-state index is 11.9. The Bertz CT molecular complexity index is 1270. The van der Waals surface area contributed by atoms with Crippen molar-refractivity contribution in [2.45, 2.75) is 6.54 Å². The highest BCUT2D eigenvalue weighted by Gasteiger charge is 2.20. The van der Waals surface area contributed by atoms with E-state index in [1.807, 2.05) is 56.6 Å². The van der Waals surface area contributed by atoms with Crippen molar-refractivity contribution in [3.05, 3.63) is 95.1 Å². The Morgan fingerprint density at radius 1 is 1.00 bits per heavy atom. The molecule has 0 spiro atoms. The second kappa shape index (κ2) is 9.08. The third kappa shape index (κ3) is 4.40. The lowest BCUT2D eigenvalue weighted by Crippen LogP contribution is -2.10. The molecule has 0 aliphatic heterocycles. The first-order valence-corrected chi connectivity index (χ1v) is 10.3. The van der Waals surface area contributed by atoms with Crippen molar-refractivity contribution in [2.24, 2.45) is 4.99 Å². The SMILES string of the molecule is COC(=O)c1ccc2c(C(=Nc3ccc(CN(C)C)cc3)c3ccccc3)c(O)[nH]c2c1. The van der Waals surface area contributed by atoms with E-state index in [2.05, 4.69) is 22.0 Å². The predicted molar refractivity (Wildman–Crippen MR) is 127 cm³/mol. The number of ether oxygens (including phenoxy) is 1. The van der Waals surface area contributed by atoms with Crippen LogP contribution >= 0.6 is 0 Å². The maximum Gasteiger partial charge on any atom is 0.337 e. The first kappa shape index (κ1) is 21.3. The molecule has 6 heteroatoms. The van der Waals surface area contributed by atoms with Crippen LogP contribution < -0.4 is 0 Å². The Hall–Kier alpha value is -3.90. The van der Waals surface area contributed by atoms with E-state index in [1.165, 1.54) is 12.7 Å². The summed E-state index contributed by atoms with van der Waals surface area (Å²) in [5, 5.41) is 11.6. The van der Waals surface area contributed by atoms with E-state index in [1.54, 1.807) is 18.2 Å². The normalized spacial score (nSPS) is 11.8. The van der Waals surface area contributed by atoms with Crippen molar-refractivity contribution < 1.29 is 14.6 Å². The number of nitrogens with one attached hydrogen (secondary N) is 1. The summed E-state index contributed by atoms with van der Waals surface area (Å²) in [6, 6.07) is 22.9. The Morgan fingerprint density at radius 2 is 1.72 bits per heavy atom. The van der Waals surface area contributed by atoms with Gasteiger partial charge in [0.2, 0.25) is 0 Å². The zero-order valence-corrected chi connectivity index (χ0v) is 18.3. The fraction of sp³-hybridized carbons (Fsp3) is 0.154. The molecule has 0 radical (unpaired) electrons. The molecule has 32 heavy (non-hydrogen) atoms. The van der Waals surface area contributed by atoms with Crippen molar-refractivity contribution in [1.29, 1.82) is 0 Å². The van der Waals surface area contributed by atoms with E-state index in [9.17, 15) is 9.90 Å². The first-order valence-electron chi connectivity index (χ1n) is 10.3. The van der Waals surface area contributed by atoms with Crippen molar-refractivity contribution >= 4 is 28.3 Å². The number of benzene rings is 3. The standard InChI is InChI=1S/C26H25N3O3/c1-29(2)16-17-9-12-20(13-10-17)27-24(18-7-5-4-6-8-18)23-21-14-11-19(26(31)32-3)15-22(21)28-25(23)30/h4-15,28,30H,16H2,1-3H3. The maximum atomic E-state index is 11.9. The molecule has 0 aliphatic rings. The number of carbonyl (C=O) groups is 1. The number of aliphatic imine (C=N–C) groups is 1. The van der Waals surface area contributed by atoms with Crippen LogP contribution in [0.2, 0.25) is 0 Å². The summed E-state index contributed by atoms with van der Waals surface area (Å²) >= 11 is 0. The van der Waals surface area contributed by atoms with Crippen LogP contribution in [0.15, 0.2) is 77.8 Å². The van der Waals surface area contributed by atoms with E-state index >= 15 is 0 Å². The van der Waals surface area contributed by atoms with E-state index < -0.39 is 5.97 Å². The molecule has 1 heterocycles. The molecule has 2 N–H and O–H groups in total. The zero-order valence-electron chi connectivity index (χ0n) is 18.3.